The largest absolute Gasteiger partial charge is 0.496 e. The molecule has 4 nitrogen and oxygen atoms in total. The number of aromatic amines is 1. The summed E-state index contributed by atoms with van der Waals surface area (Å²) in [4.78, 5) is 0. The smallest absolute Gasteiger partial charge is 0.128 e. The molecule has 0 unspecified atom stereocenters. The van der Waals surface area contributed by atoms with Gasteiger partial charge in [-0.15, -0.1) is 0 Å². The number of hydrogen-bond donors (Lipinski definition) is 1. The second-order valence-electron chi connectivity index (χ2n) is 4.18. The van der Waals surface area contributed by atoms with Crippen LogP contribution in [0.1, 0.15) is 16.7 Å². The minimum absolute atomic E-state index is 0.567. The van der Waals surface area contributed by atoms with Crippen LogP contribution >= 0.6 is 12.2 Å². The van der Waals surface area contributed by atoms with E-state index in [0.717, 1.165) is 22.4 Å². The molecule has 2 aromatic rings. The van der Waals surface area contributed by atoms with Gasteiger partial charge in [-0.3, -0.25) is 5.10 Å². The van der Waals surface area contributed by atoms with Crippen molar-refractivity contribution in [2.24, 2.45) is 0 Å². The van der Waals surface area contributed by atoms with Crippen molar-refractivity contribution >= 4 is 12.2 Å². The van der Waals surface area contributed by atoms with Crippen molar-refractivity contribution in [1.82, 2.24) is 10.2 Å². The third-order valence-electron chi connectivity index (χ3n) is 3.11. The van der Waals surface area contributed by atoms with Gasteiger partial charge in [0.05, 0.1) is 24.4 Å². The highest BCUT2D eigenvalue weighted by Gasteiger charge is 2.13. The van der Waals surface area contributed by atoms with Gasteiger partial charge in [0.25, 0.3) is 0 Å². The van der Waals surface area contributed by atoms with Crippen LogP contribution in [0.25, 0.3) is 11.3 Å². The molecule has 5 heteroatoms. The van der Waals surface area contributed by atoms with E-state index in [1.54, 1.807) is 25.3 Å². The van der Waals surface area contributed by atoms with Crippen molar-refractivity contribution in [2.75, 3.05) is 7.11 Å². The number of rotatable bonds is 2. The van der Waals surface area contributed by atoms with Crippen molar-refractivity contribution in [3.8, 4) is 23.1 Å². The minimum atomic E-state index is 0.567. The standard InChI is InChI=1S/C14H13N3OS/c1-8-9(2)14(19)17-16-13(8)11-6-10(7-15)4-5-12(11)18-3/h4-6H,1-3H3,(H,17,19). The molecule has 0 aliphatic heterocycles. The third kappa shape index (κ3) is 2.35. The molecular formula is C14H13N3OS. The molecule has 1 aromatic carbocycles. The predicted molar refractivity (Wildman–Crippen MR) is 75.6 cm³/mol. The zero-order valence-corrected chi connectivity index (χ0v) is 11.8. The van der Waals surface area contributed by atoms with E-state index < -0.39 is 0 Å². The third-order valence-corrected chi connectivity index (χ3v) is 3.51. The highest BCUT2D eigenvalue weighted by atomic mass is 32.1. The predicted octanol–water partition coefficient (Wildman–Crippen LogP) is 3.30. The summed E-state index contributed by atoms with van der Waals surface area (Å²) in [6.07, 6.45) is 0. The Hall–Kier alpha value is -2.19. The minimum Gasteiger partial charge on any atom is -0.496 e. The van der Waals surface area contributed by atoms with E-state index in [9.17, 15) is 0 Å². The molecule has 0 atom stereocenters. The zero-order valence-electron chi connectivity index (χ0n) is 10.9. The summed E-state index contributed by atoms with van der Waals surface area (Å²) in [7, 11) is 1.60. The summed E-state index contributed by atoms with van der Waals surface area (Å²) in [5.41, 5.74) is 4.06. The molecule has 0 bridgehead atoms. The van der Waals surface area contributed by atoms with E-state index in [-0.39, 0.29) is 0 Å². The van der Waals surface area contributed by atoms with Gasteiger partial charge in [-0.1, -0.05) is 12.2 Å². The maximum Gasteiger partial charge on any atom is 0.128 e. The number of hydrogen-bond acceptors (Lipinski definition) is 4. The Bertz CT molecular complexity index is 728. The maximum absolute atomic E-state index is 9.00. The van der Waals surface area contributed by atoms with Gasteiger partial charge in [0.2, 0.25) is 0 Å². The lowest BCUT2D eigenvalue weighted by atomic mass is 10.0. The van der Waals surface area contributed by atoms with Crippen molar-refractivity contribution in [1.29, 1.82) is 5.26 Å². The average Bonchev–Trinajstić information content (AvgIpc) is 2.44. The normalized spacial score (nSPS) is 10.0. The van der Waals surface area contributed by atoms with Crippen LogP contribution in [-0.2, 0) is 0 Å². The monoisotopic (exact) mass is 271 g/mol. The van der Waals surface area contributed by atoms with Crippen LogP contribution in [0.15, 0.2) is 18.2 Å². The molecule has 0 aliphatic carbocycles. The SMILES string of the molecule is COc1ccc(C#N)cc1-c1n[nH]c(=S)c(C)c1C. The summed E-state index contributed by atoms with van der Waals surface area (Å²) in [5.74, 6) is 0.680. The van der Waals surface area contributed by atoms with Crippen LogP contribution in [0, 0.1) is 29.8 Å². The molecule has 1 N–H and O–H groups in total. The van der Waals surface area contributed by atoms with Gasteiger partial charge in [-0.25, -0.2) is 0 Å². The Labute approximate surface area is 116 Å². The molecule has 0 saturated carbocycles. The van der Waals surface area contributed by atoms with Crippen LogP contribution in [0.4, 0.5) is 0 Å². The molecule has 1 aromatic heterocycles. The number of H-pyrrole nitrogens is 1. The molecule has 96 valence electrons. The first-order chi connectivity index (χ1) is 9.08. The van der Waals surface area contributed by atoms with Gasteiger partial charge >= 0.3 is 0 Å². The molecule has 0 saturated heterocycles. The molecule has 19 heavy (non-hydrogen) atoms. The average molecular weight is 271 g/mol. The van der Waals surface area contributed by atoms with Crippen LogP contribution in [-0.4, -0.2) is 17.3 Å². The van der Waals surface area contributed by atoms with Crippen LogP contribution in [0.5, 0.6) is 5.75 Å². The summed E-state index contributed by atoms with van der Waals surface area (Å²) >= 11 is 5.16. The Morgan fingerprint density at radius 2 is 2.05 bits per heavy atom. The van der Waals surface area contributed by atoms with Crippen LogP contribution in [0.3, 0.4) is 0 Å². The molecule has 0 radical (unpaired) electrons. The van der Waals surface area contributed by atoms with E-state index in [4.69, 9.17) is 22.2 Å². The Morgan fingerprint density at radius 1 is 1.32 bits per heavy atom. The van der Waals surface area contributed by atoms with E-state index in [2.05, 4.69) is 16.3 Å². The van der Waals surface area contributed by atoms with Crippen LogP contribution < -0.4 is 4.74 Å². The van der Waals surface area contributed by atoms with Gasteiger partial charge in [0.1, 0.15) is 10.4 Å². The number of methoxy groups -OCH3 is 1. The second-order valence-corrected chi connectivity index (χ2v) is 4.59. The fraction of sp³-hybridized carbons (Fsp3) is 0.214. The molecule has 0 fully saturated rings. The molecular weight excluding hydrogens is 258 g/mol. The maximum atomic E-state index is 9.00. The van der Waals surface area contributed by atoms with Gasteiger partial charge in [-0.2, -0.15) is 10.4 Å². The van der Waals surface area contributed by atoms with Gasteiger partial charge in [0.15, 0.2) is 0 Å². The lowest BCUT2D eigenvalue weighted by Crippen LogP contribution is -1.98. The number of nitrogens with one attached hydrogen (secondary N) is 1. The number of ether oxygens (including phenoxy) is 1. The van der Waals surface area contributed by atoms with Gasteiger partial charge < -0.3 is 4.74 Å². The molecule has 0 aliphatic rings. The quantitative estimate of drug-likeness (QED) is 0.851. The van der Waals surface area contributed by atoms with Crippen molar-refractivity contribution < 1.29 is 4.74 Å². The molecule has 0 amide bonds. The van der Waals surface area contributed by atoms with E-state index in [0.29, 0.717) is 16.0 Å². The van der Waals surface area contributed by atoms with Gasteiger partial charge in [0, 0.05) is 5.56 Å². The fourth-order valence-corrected chi connectivity index (χ4v) is 2.05. The van der Waals surface area contributed by atoms with Crippen molar-refractivity contribution in [3.05, 3.63) is 39.5 Å². The Kier molecular flexibility index (Phi) is 3.63. The van der Waals surface area contributed by atoms with Crippen LogP contribution in [0.2, 0.25) is 0 Å². The molecule has 1 heterocycles. The first kappa shape index (κ1) is 13.2. The summed E-state index contributed by atoms with van der Waals surface area (Å²) < 4.78 is 5.96. The molecule has 0 spiro atoms. The fourth-order valence-electron chi connectivity index (χ4n) is 1.85. The number of nitriles is 1. The number of nitrogens with zero attached hydrogens (tertiary/aromatic N) is 2. The van der Waals surface area contributed by atoms with E-state index in [1.165, 1.54) is 0 Å². The second kappa shape index (κ2) is 5.21. The Balaban J connectivity index is 2.75. The number of aromatic nitrogens is 2. The highest BCUT2D eigenvalue weighted by Crippen LogP contribution is 2.32. The summed E-state index contributed by atoms with van der Waals surface area (Å²) in [6.45, 7) is 3.90. The molecule has 2 rings (SSSR count). The first-order valence-electron chi connectivity index (χ1n) is 5.73. The van der Waals surface area contributed by atoms with E-state index in [1.807, 2.05) is 13.8 Å². The van der Waals surface area contributed by atoms with Crippen molar-refractivity contribution in [2.45, 2.75) is 13.8 Å². The lowest BCUT2D eigenvalue weighted by molar-refractivity contribution is 0.416. The topological polar surface area (TPSA) is 61.7 Å². The lowest BCUT2D eigenvalue weighted by Gasteiger charge is -2.11. The summed E-state index contributed by atoms with van der Waals surface area (Å²) in [5, 5.41) is 16.1. The zero-order chi connectivity index (χ0) is 14.0. The number of benzene rings is 1. The van der Waals surface area contributed by atoms with Gasteiger partial charge in [-0.05, 0) is 43.2 Å². The van der Waals surface area contributed by atoms with Crippen molar-refractivity contribution in [3.63, 3.8) is 0 Å². The van der Waals surface area contributed by atoms with E-state index >= 15 is 0 Å². The Morgan fingerprint density at radius 3 is 2.68 bits per heavy atom. The summed E-state index contributed by atoms with van der Waals surface area (Å²) in [6, 6.07) is 7.38. The first-order valence-corrected chi connectivity index (χ1v) is 6.13. The highest BCUT2D eigenvalue weighted by molar-refractivity contribution is 7.71.